The van der Waals surface area contributed by atoms with E-state index in [4.69, 9.17) is 4.74 Å². The second kappa shape index (κ2) is 2.74. The van der Waals surface area contributed by atoms with Crippen LogP contribution in [0.2, 0.25) is 0 Å². The minimum absolute atomic E-state index is 0.139. The van der Waals surface area contributed by atoms with Crippen molar-refractivity contribution in [3.8, 4) is 0 Å². The highest BCUT2D eigenvalue weighted by Gasteiger charge is 2.28. The Morgan fingerprint density at radius 3 is 2.55 bits per heavy atom. The van der Waals surface area contributed by atoms with Gasteiger partial charge in [-0.1, -0.05) is 0 Å². The number of hydrogen-bond acceptors (Lipinski definition) is 3. The lowest BCUT2D eigenvalue weighted by Crippen LogP contribution is -2.26. The van der Waals surface area contributed by atoms with Gasteiger partial charge in [0.1, 0.15) is 0 Å². The van der Waals surface area contributed by atoms with Gasteiger partial charge in [-0.25, -0.2) is 0 Å². The molecule has 1 aliphatic heterocycles. The van der Waals surface area contributed by atoms with E-state index in [1.807, 2.05) is 0 Å². The first-order valence-electron chi connectivity index (χ1n) is 3.33. The summed E-state index contributed by atoms with van der Waals surface area (Å²) in [5.41, 5.74) is 0. The van der Waals surface area contributed by atoms with Crippen LogP contribution in [0.1, 0.15) is 6.92 Å². The van der Waals surface area contributed by atoms with Crippen LogP contribution in [0.15, 0.2) is 11.8 Å². The molecule has 11 heavy (non-hydrogen) atoms. The molecule has 1 rings (SSSR count). The third-order valence-electron chi connectivity index (χ3n) is 1.40. The van der Waals surface area contributed by atoms with Gasteiger partial charge in [0.2, 0.25) is 0 Å². The molecule has 0 fully saturated rings. The molecular weight excluding hydrogens is 146 g/mol. The predicted octanol–water partition coefficient (Wildman–Crippen LogP) is -0.0946. The molecule has 1 heterocycles. The molecule has 0 saturated carbocycles. The van der Waals surface area contributed by atoms with E-state index >= 15 is 0 Å². The third kappa shape index (κ3) is 1.24. The van der Waals surface area contributed by atoms with Crippen LogP contribution in [0, 0.1) is 0 Å². The molecule has 0 aromatic rings. The van der Waals surface area contributed by atoms with Crippen LogP contribution in [0.3, 0.4) is 0 Å². The fourth-order valence-corrected chi connectivity index (χ4v) is 0.795. The van der Waals surface area contributed by atoms with Crippen molar-refractivity contribution in [1.29, 1.82) is 0 Å². The van der Waals surface area contributed by atoms with E-state index in [0.29, 0.717) is 6.61 Å². The number of imide groups is 1. The molecule has 0 atom stereocenters. The maximum Gasteiger partial charge on any atom is 0.295 e. The monoisotopic (exact) mass is 155 g/mol. The minimum Gasteiger partial charge on any atom is -0.488 e. The van der Waals surface area contributed by atoms with E-state index in [1.54, 1.807) is 6.92 Å². The highest BCUT2D eigenvalue weighted by Crippen LogP contribution is 2.10. The number of hydrogen-bond donors (Lipinski definition) is 0. The molecule has 60 valence electrons. The molecule has 4 heteroatoms. The van der Waals surface area contributed by atoms with Gasteiger partial charge in [-0.2, -0.15) is 0 Å². The molecule has 1 aliphatic rings. The van der Waals surface area contributed by atoms with Crippen LogP contribution in [0.4, 0.5) is 0 Å². The van der Waals surface area contributed by atoms with Crippen molar-refractivity contribution in [2.45, 2.75) is 6.92 Å². The number of carbonyl (C=O) groups excluding carboxylic acids is 2. The quantitative estimate of drug-likeness (QED) is 0.523. The van der Waals surface area contributed by atoms with Crippen LogP contribution in [0.25, 0.3) is 0 Å². The summed E-state index contributed by atoms with van der Waals surface area (Å²) in [6.45, 7) is 2.16. The van der Waals surface area contributed by atoms with Gasteiger partial charge < -0.3 is 4.74 Å². The molecule has 4 nitrogen and oxygen atoms in total. The van der Waals surface area contributed by atoms with Gasteiger partial charge in [-0.05, 0) is 6.92 Å². The zero-order chi connectivity index (χ0) is 8.43. The van der Waals surface area contributed by atoms with Crippen molar-refractivity contribution in [3.63, 3.8) is 0 Å². The smallest absolute Gasteiger partial charge is 0.295 e. The molecular formula is C7H9NO3. The van der Waals surface area contributed by atoms with E-state index in [0.717, 1.165) is 4.90 Å². The molecule has 0 aliphatic carbocycles. The molecule has 0 bridgehead atoms. The van der Waals surface area contributed by atoms with E-state index < -0.39 is 0 Å². The number of rotatable bonds is 2. The van der Waals surface area contributed by atoms with Crippen LogP contribution >= 0.6 is 0 Å². The lowest BCUT2D eigenvalue weighted by molar-refractivity contribution is -0.137. The highest BCUT2D eigenvalue weighted by molar-refractivity contribution is 6.14. The lowest BCUT2D eigenvalue weighted by atomic mass is 10.5. The number of ether oxygens (including phenoxy) is 1. The first-order chi connectivity index (χ1) is 5.16. The highest BCUT2D eigenvalue weighted by atomic mass is 16.5. The number of nitrogens with zero attached hydrogens (tertiary/aromatic N) is 1. The normalized spacial score (nSPS) is 17.3. The summed E-state index contributed by atoms with van der Waals surface area (Å²) in [4.78, 5) is 22.9. The van der Waals surface area contributed by atoms with Gasteiger partial charge in [0.25, 0.3) is 11.8 Å². The first kappa shape index (κ1) is 7.78. The molecule has 0 aromatic heterocycles. The summed E-state index contributed by atoms with van der Waals surface area (Å²) in [5.74, 6) is -0.546. The van der Waals surface area contributed by atoms with Gasteiger partial charge in [-0.15, -0.1) is 0 Å². The second-order valence-electron chi connectivity index (χ2n) is 2.14. The van der Waals surface area contributed by atoms with Crippen molar-refractivity contribution < 1.29 is 14.3 Å². The van der Waals surface area contributed by atoms with Crippen molar-refractivity contribution >= 4 is 11.8 Å². The summed E-state index contributed by atoms with van der Waals surface area (Å²) in [6, 6.07) is 0. The molecule has 2 amide bonds. The lowest BCUT2D eigenvalue weighted by Gasteiger charge is -2.05. The number of amides is 2. The van der Waals surface area contributed by atoms with Gasteiger partial charge in [0.15, 0.2) is 5.76 Å². The molecule has 0 spiro atoms. The Hall–Kier alpha value is -1.32. The molecule has 0 N–H and O–H groups in total. The Labute approximate surface area is 64.4 Å². The van der Waals surface area contributed by atoms with Gasteiger partial charge in [0, 0.05) is 7.05 Å². The maximum atomic E-state index is 11.0. The standard InChI is InChI=1S/C7H9NO3/c1-3-11-5-4-6(9)8(2)7(5)10/h4H,3H2,1-2H3. The second-order valence-corrected chi connectivity index (χ2v) is 2.14. The Balaban J connectivity index is 2.75. The zero-order valence-corrected chi connectivity index (χ0v) is 6.46. The zero-order valence-electron chi connectivity index (χ0n) is 6.46. The first-order valence-corrected chi connectivity index (χ1v) is 3.33. The molecule has 0 unspecified atom stereocenters. The number of carbonyl (C=O) groups is 2. The van der Waals surface area contributed by atoms with Gasteiger partial charge in [-0.3, -0.25) is 14.5 Å². The predicted molar refractivity (Wildman–Crippen MR) is 37.5 cm³/mol. The summed E-state index contributed by atoms with van der Waals surface area (Å²) in [6.07, 6.45) is 1.20. The fraction of sp³-hybridized carbons (Fsp3) is 0.429. The van der Waals surface area contributed by atoms with Crippen molar-refractivity contribution in [1.82, 2.24) is 4.90 Å². The minimum atomic E-state index is -0.364. The van der Waals surface area contributed by atoms with Crippen LogP contribution in [-0.2, 0) is 14.3 Å². The summed E-state index contributed by atoms with van der Waals surface area (Å²) >= 11 is 0. The van der Waals surface area contributed by atoms with E-state index in [1.165, 1.54) is 13.1 Å². The Bertz CT molecular complexity index is 232. The Morgan fingerprint density at radius 1 is 1.55 bits per heavy atom. The third-order valence-corrected chi connectivity index (χ3v) is 1.40. The largest absolute Gasteiger partial charge is 0.488 e. The van der Waals surface area contributed by atoms with Crippen LogP contribution in [-0.4, -0.2) is 30.4 Å². The number of likely N-dealkylation sites (N-methyl/N-ethyl adjacent to an activating group) is 1. The van der Waals surface area contributed by atoms with E-state index in [-0.39, 0.29) is 17.6 Å². The summed E-state index contributed by atoms with van der Waals surface area (Å²) in [7, 11) is 1.42. The SMILES string of the molecule is CCOC1=CC(=O)N(C)C1=O. The van der Waals surface area contributed by atoms with E-state index in [2.05, 4.69) is 0 Å². The van der Waals surface area contributed by atoms with Crippen molar-refractivity contribution in [2.75, 3.05) is 13.7 Å². The van der Waals surface area contributed by atoms with Crippen molar-refractivity contribution in [2.24, 2.45) is 0 Å². The fourth-order valence-electron chi connectivity index (χ4n) is 0.795. The summed E-state index contributed by atoms with van der Waals surface area (Å²) < 4.78 is 4.90. The van der Waals surface area contributed by atoms with E-state index in [9.17, 15) is 9.59 Å². The van der Waals surface area contributed by atoms with Gasteiger partial charge in [0.05, 0.1) is 12.7 Å². The van der Waals surface area contributed by atoms with Gasteiger partial charge >= 0.3 is 0 Å². The molecule has 0 aromatic carbocycles. The Kier molecular flexibility index (Phi) is 1.94. The van der Waals surface area contributed by atoms with Crippen molar-refractivity contribution in [3.05, 3.63) is 11.8 Å². The average Bonchev–Trinajstić information content (AvgIpc) is 2.19. The maximum absolute atomic E-state index is 11.0. The molecule has 0 radical (unpaired) electrons. The average molecular weight is 155 g/mol. The van der Waals surface area contributed by atoms with Crippen LogP contribution in [0.5, 0.6) is 0 Å². The van der Waals surface area contributed by atoms with Crippen LogP contribution < -0.4 is 0 Å². The molecule has 0 saturated heterocycles. The topological polar surface area (TPSA) is 46.6 Å². The Morgan fingerprint density at radius 2 is 2.18 bits per heavy atom. The summed E-state index contributed by atoms with van der Waals surface area (Å²) in [5, 5.41) is 0.